The number of fused-ring (bicyclic) bond motifs is 2. The second-order valence-corrected chi connectivity index (χ2v) is 19.8. The Kier molecular flexibility index (Phi) is 40.8. The fourth-order valence-electron chi connectivity index (χ4n) is 8.31. The molecule has 0 heterocycles. The van der Waals surface area contributed by atoms with Crippen molar-refractivity contribution in [3.05, 3.63) is 232 Å². The first-order valence-corrected chi connectivity index (χ1v) is 29.2. The van der Waals surface area contributed by atoms with Crippen LogP contribution in [0.2, 0.25) is 0 Å². The standard InChI is InChI=1S/C22H22NO.C21H23NO.2C9H13N.6C2H6.Y/c1-15-16(2)20(19-13-9-8-12-18(15)19)14-21(24)23-22(3,4)17-10-6-5-7-11-17;1-15-13-16-9-7-8-12-18(16)19(15)14-20(23)22-21(2,3)17-10-5-4-6-11-17;2*1-9(2,10)8-6-4-3-5-7-8;6*1-2;/h1,5-13H,14H2,2-4H3,(H,23,24);4-12H,13-14H2,1-3H3,(H,22,23);2*3-7H,10H2,1-2H3;6*1-2H3;/q-1;;;;;;;;;;. The second-order valence-electron chi connectivity index (χ2n) is 19.8. The molecule has 0 saturated heterocycles. The zero-order valence-electron chi connectivity index (χ0n) is 53.9. The third-order valence-electron chi connectivity index (χ3n) is 12.3. The van der Waals surface area contributed by atoms with Gasteiger partial charge in [-0.2, -0.15) is 5.57 Å². The molecule has 435 valence electrons. The minimum Gasteiger partial charge on any atom is -0.347 e. The summed E-state index contributed by atoms with van der Waals surface area (Å²) in [5, 5.41) is 6.32. The Labute approximate surface area is 515 Å². The summed E-state index contributed by atoms with van der Waals surface area (Å²) >= 11 is 0. The Morgan fingerprint density at radius 2 is 0.688 bits per heavy atom. The summed E-state index contributed by atoms with van der Waals surface area (Å²) in [5.74, 6) is 0.0765. The third-order valence-corrected chi connectivity index (χ3v) is 12.3. The van der Waals surface area contributed by atoms with E-state index in [-0.39, 0.29) is 61.1 Å². The Morgan fingerprint density at radius 3 is 1.01 bits per heavy atom. The molecule has 7 heteroatoms. The van der Waals surface area contributed by atoms with Crippen molar-refractivity contribution < 1.29 is 42.3 Å². The van der Waals surface area contributed by atoms with Crippen LogP contribution in [0.25, 0.3) is 16.7 Å². The van der Waals surface area contributed by atoms with Gasteiger partial charge in [-0.15, -0.1) is 17.2 Å². The molecule has 0 bridgehead atoms. The topological polar surface area (TPSA) is 110 Å². The molecule has 0 aliphatic heterocycles. The molecule has 2 aliphatic rings. The molecular weight excluding hydrogens is 1050 g/mol. The predicted octanol–water partition coefficient (Wildman–Crippen LogP) is 19.1. The van der Waals surface area contributed by atoms with E-state index in [1.54, 1.807) is 0 Å². The minimum absolute atomic E-state index is 0. The largest absolute Gasteiger partial charge is 0.347 e. The summed E-state index contributed by atoms with van der Waals surface area (Å²) in [6.45, 7) is 50.5. The molecule has 6 aromatic rings. The molecule has 0 atom stereocenters. The molecule has 80 heavy (non-hydrogen) atoms. The maximum atomic E-state index is 12.7. The summed E-state index contributed by atoms with van der Waals surface area (Å²) < 4.78 is 0. The number of nitrogens with two attached hydrogens (primary N) is 2. The zero-order chi connectivity index (χ0) is 61.0. The van der Waals surface area contributed by atoms with Gasteiger partial charge in [0.15, 0.2) is 0 Å². The predicted molar refractivity (Wildman–Crippen MR) is 349 cm³/mol. The van der Waals surface area contributed by atoms with Gasteiger partial charge in [0, 0.05) is 50.2 Å². The molecule has 6 N–H and O–H groups in total. The Morgan fingerprint density at radius 1 is 0.412 bits per heavy atom. The van der Waals surface area contributed by atoms with Crippen molar-refractivity contribution >= 4 is 28.5 Å². The van der Waals surface area contributed by atoms with E-state index in [0.29, 0.717) is 12.8 Å². The van der Waals surface area contributed by atoms with Gasteiger partial charge in [0.05, 0.1) is 17.5 Å². The van der Waals surface area contributed by atoms with E-state index in [0.717, 1.165) is 45.4 Å². The average molecular weight is 1160 g/mol. The van der Waals surface area contributed by atoms with Crippen LogP contribution in [0, 0.1) is 6.58 Å². The van der Waals surface area contributed by atoms with Crippen LogP contribution in [0.4, 0.5) is 0 Å². The molecule has 8 rings (SSSR count). The van der Waals surface area contributed by atoms with Crippen LogP contribution in [0.5, 0.6) is 0 Å². The minimum atomic E-state index is -0.416. The van der Waals surface area contributed by atoms with Crippen molar-refractivity contribution in [2.45, 2.75) is 194 Å². The summed E-state index contributed by atoms with van der Waals surface area (Å²) in [7, 11) is 0. The zero-order valence-corrected chi connectivity index (χ0v) is 56.8. The third kappa shape index (κ3) is 26.4. The normalized spacial score (nSPS) is 11.5. The molecule has 6 nitrogen and oxygen atoms in total. The number of carbonyl (C=O) groups is 2. The van der Waals surface area contributed by atoms with Gasteiger partial charge in [0.25, 0.3) is 0 Å². The van der Waals surface area contributed by atoms with Crippen molar-refractivity contribution in [2.75, 3.05) is 0 Å². The maximum Gasteiger partial charge on any atom is 0.225 e. The molecule has 0 saturated carbocycles. The number of hydrogen-bond donors (Lipinski definition) is 4. The number of amides is 2. The van der Waals surface area contributed by atoms with Crippen LogP contribution < -0.4 is 22.1 Å². The molecule has 0 spiro atoms. The van der Waals surface area contributed by atoms with Crippen molar-refractivity contribution in [3.63, 3.8) is 0 Å². The molecule has 0 unspecified atom stereocenters. The Balaban J connectivity index is -0.000000974. The first-order valence-electron chi connectivity index (χ1n) is 29.2. The maximum absolute atomic E-state index is 12.7. The SMILES string of the molecule is CC.CC.CC.CC.CC.CC.CC(C)(N)c1ccccc1.CC(C)(N)c1ccccc1.CC1=C(CC(=O)NC(C)(C)c2ccccc2)c2ccccc2C1.[CH-]=C1C(C)=C(CC(=O)NC(C)(C)c2ccccc2)c2ccccc21.[Y]. The van der Waals surface area contributed by atoms with E-state index < -0.39 is 5.54 Å². The van der Waals surface area contributed by atoms with E-state index >= 15 is 0 Å². The van der Waals surface area contributed by atoms with Gasteiger partial charge < -0.3 is 22.1 Å². The Bertz CT molecular complexity index is 2620. The molecule has 1 radical (unpaired) electrons. The van der Waals surface area contributed by atoms with Crippen molar-refractivity contribution in [3.8, 4) is 0 Å². The van der Waals surface area contributed by atoms with Crippen molar-refractivity contribution in [1.82, 2.24) is 10.6 Å². The van der Waals surface area contributed by atoms with E-state index in [2.05, 4.69) is 47.9 Å². The Hall–Kier alpha value is -5.50. The molecule has 0 fully saturated rings. The molecule has 0 aromatic heterocycles. The fraction of sp³-hybridized carbons (Fsp3) is 0.397. The van der Waals surface area contributed by atoms with Crippen LogP contribution in [-0.2, 0) is 70.9 Å². The van der Waals surface area contributed by atoms with Crippen LogP contribution >= 0.6 is 0 Å². The summed E-state index contributed by atoms with van der Waals surface area (Å²) in [4.78, 5) is 25.3. The first kappa shape index (κ1) is 78.7. The number of nitrogens with one attached hydrogen (secondary N) is 2. The van der Waals surface area contributed by atoms with Crippen LogP contribution in [0.3, 0.4) is 0 Å². The van der Waals surface area contributed by atoms with Crippen LogP contribution in [-0.4, -0.2) is 11.8 Å². The van der Waals surface area contributed by atoms with Gasteiger partial charge in [-0.1, -0.05) is 271 Å². The van der Waals surface area contributed by atoms with Gasteiger partial charge in [0.1, 0.15) is 0 Å². The van der Waals surface area contributed by atoms with Gasteiger partial charge in [-0.05, 0) is 108 Å². The number of benzene rings is 6. The van der Waals surface area contributed by atoms with Gasteiger partial charge in [-0.3, -0.25) is 9.59 Å². The number of rotatable bonds is 10. The molecular formula is C73H107N4O2Y-. The van der Waals surface area contributed by atoms with Crippen LogP contribution in [0.1, 0.15) is 210 Å². The van der Waals surface area contributed by atoms with Crippen molar-refractivity contribution in [2.24, 2.45) is 11.5 Å². The molecule has 2 amide bonds. The van der Waals surface area contributed by atoms with E-state index in [9.17, 15) is 9.59 Å². The number of hydrogen-bond acceptors (Lipinski definition) is 4. The van der Waals surface area contributed by atoms with Gasteiger partial charge >= 0.3 is 0 Å². The monoisotopic (exact) mass is 1160 g/mol. The van der Waals surface area contributed by atoms with E-state index in [4.69, 9.17) is 18.0 Å². The quantitative estimate of drug-likeness (QED) is 0.102. The second kappa shape index (κ2) is 41.5. The van der Waals surface area contributed by atoms with Gasteiger partial charge in [-0.25, -0.2) is 6.58 Å². The summed E-state index contributed by atoms with van der Waals surface area (Å²) in [6, 6.07) is 56.7. The fourth-order valence-corrected chi connectivity index (χ4v) is 8.31. The van der Waals surface area contributed by atoms with Gasteiger partial charge in [0.2, 0.25) is 11.8 Å². The van der Waals surface area contributed by atoms with E-state index in [1.165, 1.54) is 33.4 Å². The average Bonchev–Trinajstić information content (AvgIpc) is 3.91. The number of carbonyl (C=O) groups excluding carboxylic acids is 2. The summed E-state index contributed by atoms with van der Waals surface area (Å²) in [5.41, 5.74) is 25.0. The summed E-state index contributed by atoms with van der Waals surface area (Å²) in [6.07, 6.45) is 1.74. The van der Waals surface area contributed by atoms with E-state index in [1.807, 2.05) is 285 Å². The number of allylic oxidation sites excluding steroid dienone is 3. The first-order chi connectivity index (χ1) is 37.6. The van der Waals surface area contributed by atoms with Crippen LogP contribution in [0.15, 0.2) is 181 Å². The molecule has 6 aromatic carbocycles. The smallest absolute Gasteiger partial charge is 0.225 e. The van der Waals surface area contributed by atoms with Crippen molar-refractivity contribution in [1.29, 1.82) is 0 Å². The molecule has 2 aliphatic carbocycles.